The minimum Gasteiger partial charge on any atom is -0.383 e. The Kier molecular flexibility index (Phi) is 3.22. The van der Waals surface area contributed by atoms with Gasteiger partial charge >= 0.3 is 5.91 Å². The Morgan fingerprint density at radius 2 is 2.00 bits per heavy atom. The van der Waals surface area contributed by atoms with Gasteiger partial charge in [-0.3, -0.25) is 0 Å². The van der Waals surface area contributed by atoms with E-state index in [1.54, 1.807) is 42.7 Å². The summed E-state index contributed by atoms with van der Waals surface area (Å²) in [5.41, 5.74) is 5.60. The Morgan fingerprint density at radius 1 is 1.32 bits per heavy atom. The molecule has 0 saturated heterocycles. The van der Waals surface area contributed by atoms with Gasteiger partial charge in [-0.05, 0) is 0 Å². The fraction of sp³-hybridized carbons (Fsp3) is 0.0833. The zero-order chi connectivity index (χ0) is 13.8. The Balaban J connectivity index is 2.31. The van der Waals surface area contributed by atoms with Crippen LogP contribution in [0.1, 0.15) is 16.1 Å². The van der Waals surface area contributed by atoms with E-state index in [0.717, 1.165) is 4.68 Å². The van der Waals surface area contributed by atoms with Crippen LogP contribution in [-0.2, 0) is 6.54 Å². The lowest BCUT2D eigenvalue weighted by Crippen LogP contribution is -2.44. The monoisotopic (exact) mass is 253 g/mol. The Hall–Kier alpha value is -3.19. The minimum absolute atomic E-state index is 0.00615. The maximum absolute atomic E-state index is 11.9. The highest BCUT2D eigenvalue weighted by molar-refractivity contribution is 5.68. The van der Waals surface area contributed by atoms with E-state index in [2.05, 4.69) is 5.10 Å². The van der Waals surface area contributed by atoms with Gasteiger partial charge in [-0.25, -0.2) is 9.48 Å². The van der Waals surface area contributed by atoms with E-state index in [1.807, 2.05) is 0 Å². The highest BCUT2D eigenvalue weighted by atomic mass is 16.2. The van der Waals surface area contributed by atoms with Crippen LogP contribution in [-0.4, -0.2) is 15.7 Å². The fourth-order valence-electron chi connectivity index (χ4n) is 1.56. The second-order valence-electron chi connectivity index (χ2n) is 3.67. The first-order valence-electron chi connectivity index (χ1n) is 5.33. The zero-order valence-corrected chi connectivity index (χ0v) is 9.82. The van der Waals surface area contributed by atoms with E-state index in [1.165, 1.54) is 4.57 Å². The Bertz CT molecular complexity index is 704. The molecule has 2 aromatic heterocycles. The van der Waals surface area contributed by atoms with Gasteiger partial charge in [0.25, 0.3) is 0 Å². The molecule has 0 fully saturated rings. The van der Waals surface area contributed by atoms with Gasteiger partial charge in [0.2, 0.25) is 0 Å². The highest BCUT2D eigenvalue weighted by Crippen LogP contribution is 2.14. The van der Waals surface area contributed by atoms with Crippen LogP contribution in [0, 0.1) is 22.7 Å². The lowest BCUT2D eigenvalue weighted by Gasteiger charge is -1.99. The molecule has 2 rings (SSSR count). The van der Waals surface area contributed by atoms with Crippen LogP contribution in [0.2, 0.25) is 0 Å². The number of carbonyl (C=O) groups excluding carboxylic acids is 1. The second kappa shape index (κ2) is 4.98. The number of nitrogens with two attached hydrogens (primary N) is 1. The molecule has 0 amide bonds. The Labute approximate surface area is 108 Å². The van der Waals surface area contributed by atoms with Crippen molar-refractivity contribution in [2.24, 2.45) is 0 Å². The summed E-state index contributed by atoms with van der Waals surface area (Å²) in [6.07, 6.45) is 3.19. The van der Waals surface area contributed by atoms with Crippen molar-refractivity contribution in [3.05, 3.63) is 41.9 Å². The molecule has 0 unspecified atom stereocenters. The summed E-state index contributed by atoms with van der Waals surface area (Å²) in [7, 11) is 0. The molecule has 0 aliphatic heterocycles. The summed E-state index contributed by atoms with van der Waals surface area (Å²) in [4.78, 5) is 11.9. The molecule has 2 heterocycles. The average Bonchev–Trinajstić information content (AvgIpc) is 2.75. The van der Waals surface area contributed by atoms with Crippen molar-refractivity contribution in [3.63, 3.8) is 0 Å². The quantitative estimate of drug-likeness (QED) is 0.747. The average molecular weight is 253 g/mol. The predicted octanol–water partition coefficient (Wildman–Crippen LogP) is -0.163. The smallest absolute Gasteiger partial charge is 0.383 e. The predicted molar refractivity (Wildman–Crippen MR) is 63.3 cm³/mol. The summed E-state index contributed by atoms with van der Waals surface area (Å²) in [5, 5.41) is 21.5. The highest BCUT2D eigenvalue weighted by Gasteiger charge is 2.20. The molecule has 0 atom stereocenters. The van der Waals surface area contributed by atoms with Gasteiger partial charge in [-0.2, -0.15) is 15.6 Å². The molecule has 2 N–H and O–H groups in total. The lowest BCUT2D eigenvalue weighted by molar-refractivity contribution is -0.574. The van der Waals surface area contributed by atoms with Crippen molar-refractivity contribution in [2.75, 3.05) is 5.73 Å². The molecule has 7 heteroatoms. The van der Waals surface area contributed by atoms with Crippen LogP contribution in [0.25, 0.3) is 0 Å². The summed E-state index contributed by atoms with van der Waals surface area (Å²) in [5.74, 6) is -0.257. The molecule has 19 heavy (non-hydrogen) atoms. The molecule has 2 aromatic rings. The van der Waals surface area contributed by atoms with Crippen LogP contribution >= 0.6 is 0 Å². The first-order valence-corrected chi connectivity index (χ1v) is 5.33. The van der Waals surface area contributed by atoms with Gasteiger partial charge in [0, 0.05) is 12.1 Å². The van der Waals surface area contributed by atoms with E-state index in [0.29, 0.717) is 0 Å². The van der Waals surface area contributed by atoms with Crippen molar-refractivity contribution in [3.8, 4) is 12.1 Å². The van der Waals surface area contributed by atoms with Crippen molar-refractivity contribution < 1.29 is 9.36 Å². The summed E-state index contributed by atoms with van der Waals surface area (Å²) < 4.78 is 2.53. The van der Waals surface area contributed by atoms with Gasteiger partial charge < -0.3 is 5.73 Å². The molecule has 0 saturated carbocycles. The molecule has 0 bridgehead atoms. The van der Waals surface area contributed by atoms with Crippen molar-refractivity contribution in [2.45, 2.75) is 6.54 Å². The second-order valence-corrected chi connectivity index (χ2v) is 3.67. The van der Waals surface area contributed by atoms with Gasteiger partial charge in [0.15, 0.2) is 24.6 Å². The summed E-state index contributed by atoms with van der Waals surface area (Å²) >= 11 is 0. The number of nitriles is 2. The first kappa shape index (κ1) is 12.3. The molecule has 7 nitrogen and oxygen atoms in total. The van der Waals surface area contributed by atoms with Crippen LogP contribution in [0.15, 0.2) is 30.6 Å². The molecule has 0 aliphatic rings. The van der Waals surface area contributed by atoms with Crippen LogP contribution in [0.5, 0.6) is 0 Å². The third kappa shape index (κ3) is 2.26. The third-order valence-electron chi connectivity index (χ3n) is 2.50. The lowest BCUT2D eigenvalue weighted by atomic mass is 10.3. The van der Waals surface area contributed by atoms with E-state index in [9.17, 15) is 4.79 Å². The van der Waals surface area contributed by atoms with Crippen LogP contribution in [0.4, 0.5) is 5.82 Å². The molecule has 0 aliphatic carbocycles. The van der Waals surface area contributed by atoms with Gasteiger partial charge in [-0.15, -0.1) is 4.57 Å². The van der Waals surface area contributed by atoms with Crippen molar-refractivity contribution in [1.29, 1.82) is 10.5 Å². The molecule has 0 radical (unpaired) electrons. The van der Waals surface area contributed by atoms with E-state index in [4.69, 9.17) is 16.3 Å². The minimum atomic E-state index is -0.274. The molecule has 0 aromatic carbocycles. The number of hydrogen-bond donors (Lipinski definition) is 1. The van der Waals surface area contributed by atoms with Gasteiger partial charge in [0.05, 0.1) is 0 Å². The van der Waals surface area contributed by atoms with Crippen molar-refractivity contribution in [1.82, 2.24) is 9.78 Å². The topological polar surface area (TPSA) is 112 Å². The number of rotatable bonds is 2. The van der Waals surface area contributed by atoms with Crippen LogP contribution in [0.3, 0.4) is 0 Å². The number of hydrogen-bond acceptors (Lipinski definition) is 5. The van der Waals surface area contributed by atoms with E-state index < -0.39 is 0 Å². The first-order chi connectivity index (χ1) is 9.17. The van der Waals surface area contributed by atoms with Gasteiger partial charge in [-0.1, -0.05) is 6.07 Å². The summed E-state index contributed by atoms with van der Waals surface area (Å²) in [6, 6.07) is 8.78. The molecular weight excluding hydrogens is 244 g/mol. The van der Waals surface area contributed by atoms with E-state index >= 15 is 0 Å². The van der Waals surface area contributed by atoms with E-state index in [-0.39, 0.29) is 29.5 Å². The third-order valence-corrected chi connectivity index (χ3v) is 2.50. The normalized spacial score (nSPS) is 9.58. The SMILES string of the molecule is N#Cc1nn(CC(=O)[n+]2ccccc2)c(N)c1C#N. The molecular formula is C12H9N6O+. The molecule has 92 valence electrons. The zero-order valence-electron chi connectivity index (χ0n) is 9.82. The van der Waals surface area contributed by atoms with Gasteiger partial charge in [0.1, 0.15) is 23.5 Å². The standard InChI is InChI=1S/C12H9N6O/c13-6-9-10(7-14)16-18(12(9)15)8-11(19)17-4-2-1-3-5-17/h1-5H,8,15H2/q+1. The number of carbonyl (C=O) groups is 1. The number of nitrogen functional groups attached to an aromatic ring is 1. The maximum atomic E-state index is 11.9. The largest absolute Gasteiger partial charge is 0.413 e. The fourth-order valence-corrected chi connectivity index (χ4v) is 1.56. The maximum Gasteiger partial charge on any atom is 0.413 e. The molecule has 0 spiro atoms. The summed E-state index contributed by atoms with van der Waals surface area (Å²) in [6.45, 7) is -0.142. The number of aromatic nitrogens is 3. The van der Waals surface area contributed by atoms with Crippen molar-refractivity contribution >= 4 is 11.7 Å². The number of anilines is 1. The Morgan fingerprint density at radius 3 is 2.53 bits per heavy atom. The van der Waals surface area contributed by atoms with Crippen LogP contribution < -0.4 is 10.3 Å². The number of nitrogens with zero attached hydrogens (tertiary/aromatic N) is 5. The number of pyridine rings is 1.